The van der Waals surface area contributed by atoms with Crippen LogP contribution in [0.15, 0.2) is 0 Å². The SMILES string of the molecule is COC1CCCC(OCCC(C)(C)CN)C1. The summed E-state index contributed by atoms with van der Waals surface area (Å²) in [5.74, 6) is 0. The van der Waals surface area contributed by atoms with Gasteiger partial charge in [-0.25, -0.2) is 0 Å². The first-order valence-electron chi connectivity index (χ1n) is 6.42. The molecule has 1 rings (SSSR count). The predicted molar refractivity (Wildman–Crippen MR) is 66.5 cm³/mol. The van der Waals surface area contributed by atoms with Crippen LogP contribution < -0.4 is 5.73 Å². The zero-order valence-electron chi connectivity index (χ0n) is 11.0. The second-order valence-corrected chi connectivity index (χ2v) is 5.64. The second kappa shape index (κ2) is 6.58. The minimum atomic E-state index is 0.204. The second-order valence-electron chi connectivity index (χ2n) is 5.64. The van der Waals surface area contributed by atoms with E-state index in [2.05, 4.69) is 13.8 Å². The third kappa shape index (κ3) is 4.81. The van der Waals surface area contributed by atoms with Gasteiger partial charge in [0.2, 0.25) is 0 Å². The first-order valence-corrected chi connectivity index (χ1v) is 6.42. The number of hydrogen-bond donors (Lipinski definition) is 1. The van der Waals surface area contributed by atoms with E-state index in [1.54, 1.807) is 7.11 Å². The van der Waals surface area contributed by atoms with Crippen molar-refractivity contribution in [3.05, 3.63) is 0 Å². The summed E-state index contributed by atoms with van der Waals surface area (Å²) in [5.41, 5.74) is 5.90. The maximum Gasteiger partial charge on any atom is 0.0599 e. The van der Waals surface area contributed by atoms with E-state index < -0.39 is 0 Å². The molecule has 2 unspecified atom stereocenters. The van der Waals surface area contributed by atoms with Gasteiger partial charge in [0.15, 0.2) is 0 Å². The molecule has 0 heterocycles. The molecule has 0 aromatic heterocycles. The van der Waals surface area contributed by atoms with Crippen molar-refractivity contribution in [1.82, 2.24) is 0 Å². The van der Waals surface area contributed by atoms with Crippen molar-refractivity contribution in [3.8, 4) is 0 Å². The highest BCUT2D eigenvalue weighted by atomic mass is 16.5. The summed E-state index contributed by atoms with van der Waals surface area (Å²) in [6, 6.07) is 0. The molecular weight excluding hydrogens is 202 g/mol. The molecule has 0 amide bonds. The van der Waals surface area contributed by atoms with Gasteiger partial charge in [-0.1, -0.05) is 13.8 Å². The largest absolute Gasteiger partial charge is 0.381 e. The fourth-order valence-electron chi connectivity index (χ4n) is 2.07. The van der Waals surface area contributed by atoms with Crippen LogP contribution in [0.3, 0.4) is 0 Å². The monoisotopic (exact) mass is 229 g/mol. The Morgan fingerprint density at radius 2 is 1.94 bits per heavy atom. The number of rotatable bonds is 6. The van der Waals surface area contributed by atoms with E-state index in [1.165, 1.54) is 19.3 Å². The van der Waals surface area contributed by atoms with Gasteiger partial charge in [-0.2, -0.15) is 0 Å². The van der Waals surface area contributed by atoms with E-state index >= 15 is 0 Å². The van der Waals surface area contributed by atoms with Crippen LogP contribution in [0, 0.1) is 5.41 Å². The van der Waals surface area contributed by atoms with E-state index in [0.29, 0.717) is 12.2 Å². The predicted octanol–water partition coefficient (Wildman–Crippen LogP) is 2.34. The van der Waals surface area contributed by atoms with E-state index in [9.17, 15) is 0 Å². The lowest BCUT2D eigenvalue weighted by Crippen LogP contribution is -2.30. The van der Waals surface area contributed by atoms with Crippen LogP contribution in [-0.4, -0.2) is 32.5 Å². The number of nitrogens with two attached hydrogens (primary N) is 1. The van der Waals surface area contributed by atoms with Gasteiger partial charge < -0.3 is 15.2 Å². The lowest BCUT2D eigenvalue weighted by Gasteiger charge is -2.29. The summed E-state index contributed by atoms with van der Waals surface area (Å²) in [5, 5.41) is 0. The fraction of sp³-hybridized carbons (Fsp3) is 1.00. The lowest BCUT2D eigenvalue weighted by atomic mass is 9.90. The van der Waals surface area contributed by atoms with E-state index in [0.717, 1.165) is 26.0 Å². The van der Waals surface area contributed by atoms with Crippen molar-refractivity contribution in [2.75, 3.05) is 20.3 Å². The van der Waals surface area contributed by atoms with Crippen molar-refractivity contribution in [2.24, 2.45) is 11.1 Å². The molecule has 2 N–H and O–H groups in total. The summed E-state index contributed by atoms with van der Waals surface area (Å²) < 4.78 is 11.3. The molecule has 0 aliphatic heterocycles. The van der Waals surface area contributed by atoms with Crippen LogP contribution in [0.2, 0.25) is 0 Å². The Morgan fingerprint density at radius 3 is 2.56 bits per heavy atom. The summed E-state index contributed by atoms with van der Waals surface area (Å²) in [6.07, 6.45) is 6.49. The third-order valence-corrected chi connectivity index (χ3v) is 3.60. The lowest BCUT2D eigenvalue weighted by molar-refractivity contribution is -0.0354. The summed E-state index contributed by atoms with van der Waals surface area (Å²) in [4.78, 5) is 0. The Balaban J connectivity index is 2.17. The van der Waals surface area contributed by atoms with Gasteiger partial charge in [0, 0.05) is 13.7 Å². The summed E-state index contributed by atoms with van der Waals surface area (Å²) >= 11 is 0. The Bertz CT molecular complexity index is 194. The fourth-order valence-corrected chi connectivity index (χ4v) is 2.07. The highest BCUT2D eigenvalue weighted by molar-refractivity contribution is 4.74. The third-order valence-electron chi connectivity index (χ3n) is 3.60. The number of methoxy groups -OCH3 is 1. The van der Waals surface area contributed by atoms with Crippen LogP contribution in [0.25, 0.3) is 0 Å². The van der Waals surface area contributed by atoms with Crippen molar-refractivity contribution in [2.45, 2.75) is 58.2 Å². The van der Waals surface area contributed by atoms with Crippen LogP contribution in [0.4, 0.5) is 0 Å². The molecule has 1 aliphatic carbocycles. The molecule has 1 fully saturated rings. The van der Waals surface area contributed by atoms with Gasteiger partial charge in [0.25, 0.3) is 0 Å². The van der Waals surface area contributed by atoms with Crippen LogP contribution >= 0.6 is 0 Å². The molecule has 2 atom stereocenters. The van der Waals surface area contributed by atoms with E-state index in [-0.39, 0.29) is 5.41 Å². The van der Waals surface area contributed by atoms with Crippen LogP contribution in [-0.2, 0) is 9.47 Å². The van der Waals surface area contributed by atoms with Crippen molar-refractivity contribution in [3.63, 3.8) is 0 Å². The Kier molecular flexibility index (Phi) is 5.73. The van der Waals surface area contributed by atoms with Crippen molar-refractivity contribution in [1.29, 1.82) is 0 Å². The maximum absolute atomic E-state index is 5.92. The van der Waals surface area contributed by atoms with Crippen LogP contribution in [0.5, 0.6) is 0 Å². The minimum absolute atomic E-state index is 0.204. The molecule has 0 bridgehead atoms. The molecule has 0 radical (unpaired) electrons. The molecular formula is C13H27NO2. The first-order chi connectivity index (χ1) is 7.57. The summed E-state index contributed by atoms with van der Waals surface area (Å²) in [7, 11) is 1.80. The molecule has 1 saturated carbocycles. The van der Waals surface area contributed by atoms with Gasteiger partial charge in [0.1, 0.15) is 0 Å². The molecule has 1 aliphatic rings. The first kappa shape index (κ1) is 13.9. The van der Waals surface area contributed by atoms with Gasteiger partial charge in [-0.05, 0) is 44.1 Å². The molecule has 0 aromatic carbocycles. The van der Waals surface area contributed by atoms with Gasteiger partial charge in [0.05, 0.1) is 12.2 Å². The molecule has 0 saturated heterocycles. The average molecular weight is 229 g/mol. The van der Waals surface area contributed by atoms with Gasteiger partial charge >= 0.3 is 0 Å². The highest BCUT2D eigenvalue weighted by Gasteiger charge is 2.23. The minimum Gasteiger partial charge on any atom is -0.381 e. The molecule has 3 heteroatoms. The Labute approximate surface area is 99.7 Å². The molecule has 16 heavy (non-hydrogen) atoms. The number of hydrogen-bond acceptors (Lipinski definition) is 3. The standard InChI is InChI=1S/C13H27NO2/c1-13(2,10-14)7-8-16-12-6-4-5-11(9-12)15-3/h11-12H,4-10,14H2,1-3H3. The quantitative estimate of drug-likeness (QED) is 0.760. The van der Waals surface area contributed by atoms with Gasteiger partial charge in [-0.15, -0.1) is 0 Å². The zero-order chi connectivity index (χ0) is 12.0. The van der Waals surface area contributed by atoms with Gasteiger partial charge in [-0.3, -0.25) is 0 Å². The summed E-state index contributed by atoms with van der Waals surface area (Å²) in [6.45, 7) is 5.93. The molecule has 0 aromatic rings. The molecule has 3 nitrogen and oxygen atoms in total. The smallest absolute Gasteiger partial charge is 0.0599 e. The van der Waals surface area contributed by atoms with Crippen molar-refractivity contribution < 1.29 is 9.47 Å². The Hall–Kier alpha value is -0.120. The van der Waals surface area contributed by atoms with E-state index in [4.69, 9.17) is 15.2 Å². The molecule has 96 valence electrons. The van der Waals surface area contributed by atoms with E-state index in [1.807, 2.05) is 0 Å². The zero-order valence-corrected chi connectivity index (χ0v) is 11.0. The highest BCUT2D eigenvalue weighted by Crippen LogP contribution is 2.24. The normalized spacial score (nSPS) is 27.0. The average Bonchev–Trinajstić information content (AvgIpc) is 2.29. The maximum atomic E-state index is 5.92. The Morgan fingerprint density at radius 1 is 1.25 bits per heavy atom. The van der Waals surface area contributed by atoms with Crippen molar-refractivity contribution >= 4 is 0 Å². The number of ether oxygens (including phenoxy) is 2. The topological polar surface area (TPSA) is 44.5 Å². The molecule has 0 spiro atoms. The van der Waals surface area contributed by atoms with Crippen LogP contribution in [0.1, 0.15) is 46.0 Å².